The van der Waals surface area contributed by atoms with Crippen molar-refractivity contribution >= 4 is 11.7 Å². The summed E-state index contributed by atoms with van der Waals surface area (Å²) >= 11 is 0. The van der Waals surface area contributed by atoms with Crippen molar-refractivity contribution in [1.29, 1.82) is 0 Å². The Kier molecular flexibility index (Phi) is 3.79. The van der Waals surface area contributed by atoms with Crippen molar-refractivity contribution in [2.75, 3.05) is 12.4 Å². The normalized spacial score (nSPS) is 9.47. The molecular formula is C10H13N3O2. The van der Waals surface area contributed by atoms with Gasteiger partial charge in [-0.2, -0.15) is 5.01 Å². The fraction of sp³-hybridized carbons (Fsp3) is 0.300. The molecule has 0 unspecified atom stereocenters. The highest BCUT2D eigenvalue weighted by Gasteiger charge is 2.07. The van der Waals surface area contributed by atoms with Crippen LogP contribution in [-0.2, 0) is 6.42 Å². The summed E-state index contributed by atoms with van der Waals surface area (Å²) in [5.41, 5.74) is 1.84. The highest BCUT2D eigenvalue weighted by Crippen LogP contribution is 2.10. The van der Waals surface area contributed by atoms with Gasteiger partial charge in [0.05, 0.1) is 5.29 Å². The summed E-state index contributed by atoms with van der Waals surface area (Å²) in [6.45, 7) is 2.05. The summed E-state index contributed by atoms with van der Waals surface area (Å²) < 4.78 is 0. The Morgan fingerprint density at radius 1 is 1.40 bits per heavy atom. The van der Waals surface area contributed by atoms with Crippen LogP contribution in [0.5, 0.6) is 0 Å². The van der Waals surface area contributed by atoms with Gasteiger partial charge in [-0.1, -0.05) is 19.1 Å². The molecule has 0 fully saturated rings. The van der Waals surface area contributed by atoms with Gasteiger partial charge in [-0.15, -0.1) is 4.91 Å². The van der Waals surface area contributed by atoms with Crippen LogP contribution in [0.1, 0.15) is 12.5 Å². The highest BCUT2D eigenvalue weighted by atomic mass is 16.3. The maximum Gasteiger partial charge on any atom is 0.344 e. The van der Waals surface area contributed by atoms with Gasteiger partial charge in [0.25, 0.3) is 0 Å². The van der Waals surface area contributed by atoms with Crippen LogP contribution in [0.2, 0.25) is 0 Å². The van der Waals surface area contributed by atoms with E-state index in [2.05, 4.69) is 17.5 Å². The van der Waals surface area contributed by atoms with Crippen LogP contribution in [0.3, 0.4) is 0 Å². The molecular weight excluding hydrogens is 194 g/mol. The van der Waals surface area contributed by atoms with Gasteiger partial charge in [0, 0.05) is 12.7 Å². The molecule has 2 amide bonds. The minimum absolute atomic E-state index is 0.547. The minimum Gasteiger partial charge on any atom is -0.306 e. The van der Waals surface area contributed by atoms with E-state index in [0.717, 1.165) is 6.42 Å². The molecule has 1 N–H and O–H groups in total. The Balaban J connectivity index is 2.65. The summed E-state index contributed by atoms with van der Waals surface area (Å²) in [7, 11) is 1.29. The Labute approximate surface area is 88.0 Å². The first-order valence-corrected chi connectivity index (χ1v) is 4.64. The van der Waals surface area contributed by atoms with E-state index < -0.39 is 6.03 Å². The van der Waals surface area contributed by atoms with Crippen molar-refractivity contribution in [3.05, 3.63) is 34.7 Å². The zero-order valence-corrected chi connectivity index (χ0v) is 8.73. The number of anilines is 1. The lowest BCUT2D eigenvalue weighted by Gasteiger charge is -2.09. The van der Waals surface area contributed by atoms with Gasteiger partial charge < -0.3 is 5.32 Å². The third kappa shape index (κ3) is 3.05. The number of nitroso groups, excluding NO2 is 1. The third-order valence-electron chi connectivity index (χ3n) is 2.03. The van der Waals surface area contributed by atoms with Gasteiger partial charge in [0.1, 0.15) is 0 Å². The van der Waals surface area contributed by atoms with Crippen LogP contribution in [0, 0.1) is 4.91 Å². The fourth-order valence-electron chi connectivity index (χ4n) is 1.07. The maximum absolute atomic E-state index is 11.2. The molecule has 0 radical (unpaired) electrons. The Morgan fingerprint density at radius 2 is 2.00 bits per heavy atom. The summed E-state index contributed by atoms with van der Waals surface area (Å²) in [6.07, 6.45) is 0.948. The third-order valence-corrected chi connectivity index (χ3v) is 2.03. The summed E-state index contributed by atoms with van der Waals surface area (Å²) in [5, 5.41) is 5.73. The standard InChI is InChI=1S/C10H13N3O2/c1-3-8-4-6-9(7-5-8)11-10(14)13(2)12-15/h4-7H,3H2,1-2H3,(H,11,14). The molecule has 0 aromatic heterocycles. The predicted molar refractivity (Wildman–Crippen MR) is 58.4 cm³/mol. The molecule has 0 spiro atoms. The first-order valence-electron chi connectivity index (χ1n) is 4.64. The topological polar surface area (TPSA) is 61.8 Å². The summed E-state index contributed by atoms with van der Waals surface area (Å²) in [6, 6.07) is 6.87. The number of amides is 2. The molecule has 0 aliphatic heterocycles. The quantitative estimate of drug-likeness (QED) is 0.611. The second-order valence-electron chi connectivity index (χ2n) is 3.09. The van der Waals surface area contributed by atoms with Crippen LogP contribution >= 0.6 is 0 Å². The van der Waals surface area contributed by atoms with Gasteiger partial charge in [-0.05, 0) is 24.1 Å². The lowest BCUT2D eigenvalue weighted by Crippen LogP contribution is -2.26. The van der Waals surface area contributed by atoms with Crippen LogP contribution in [0.15, 0.2) is 29.6 Å². The fourth-order valence-corrected chi connectivity index (χ4v) is 1.07. The van der Waals surface area contributed by atoms with E-state index in [4.69, 9.17) is 0 Å². The first-order chi connectivity index (χ1) is 7.17. The summed E-state index contributed by atoms with van der Waals surface area (Å²) in [4.78, 5) is 21.3. The van der Waals surface area contributed by atoms with Gasteiger partial charge >= 0.3 is 6.03 Å². The van der Waals surface area contributed by atoms with Crippen molar-refractivity contribution in [2.24, 2.45) is 5.29 Å². The smallest absolute Gasteiger partial charge is 0.306 e. The number of nitrogens with one attached hydrogen (secondary N) is 1. The van der Waals surface area contributed by atoms with E-state index in [9.17, 15) is 9.70 Å². The number of aryl methyl sites for hydroxylation is 1. The van der Waals surface area contributed by atoms with E-state index in [1.165, 1.54) is 12.6 Å². The Hall–Kier alpha value is -1.91. The zero-order valence-electron chi connectivity index (χ0n) is 8.73. The number of rotatable bonds is 3. The molecule has 1 aromatic rings. The van der Waals surface area contributed by atoms with Crippen molar-refractivity contribution in [1.82, 2.24) is 5.01 Å². The molecule has 5 heteroatoms. The molecule has 5 nitrogen and oxygen atoms in total. The van der Waals surface area contributed by atoms with E-state index in [0.29, 0.717) is 10.7 Å². The monoisotopic (exact) mass is 207 g/mol. The van der Waals surface area contributed by atoms with Crippen molar-refractivity contribution in [3.8, 4) is 0 Å². The predicted octanol–water partition coefficient (Wildman–Crippen LogP) is 2.39. The number of hydrogen-bond acceptors (Lipinski definition) is 3. The van der Waals surface area contributed by atoms with Gasteiger partial charge in [-0.25, -0.2) is 4.79 Å². The molecule has 0 saturated carbocycles. The molecule has 1 rings (SSSR count). The Morgan fingerprint density at radius 3 is 2.47 bits per heavy atom. The highest BCUT2D eigenvalue weighted by molar-refractivity contribution is 5.88. The number of benzene rings is 1. The number of carbonyl (C=O) groups excluding carboxylic acids is 1. The van der Waals surface area contributed by atoms with Gasteiger partial charge in [0.15, 0.2) is 0 Å². The van der Waals surface area contributed by atoms with Crippen molar-refractivity contribution < 1.29 is 4.79 Å². The molecule has 0 heterocycles. The molecule has 0 atom stereocenters. The number of nitrogens with zero attached hydrogens (tertiary/aromatic N) is 2. The SMILES string of the molecule is CCc1ccc(NC(=O)N(C)N=O)cc1. The molecule has 0 aliphatic rings. The van der Waals surface area contributed by atoms with Gasteiger partial charge in [0.2, 0.25) is 0 Å². The second kappa shape index (κ2) is 5.09. The zero-order chi connectivity index (χ0) is 11.3. The second-order valence-corrected chi connectivity index (χ2v) is 3.09. The first kappa shape index (κ1) is 11.2. The van der Waals surface area contributed by atoms with Crippen LogP contribution in [0.25, 0.3) is 0 Å². The van der Waals surface area contributed by atoms with Gasteiger partial charge in [-0.3, -0.25) is 0 Å². The average Bonchev–Trinajstić information content (AvgIpc) is 2.29. The van der Waals surface area contributed by atoms with Crippen molar-refractivity contribution in [2.45, 2.75) is 13.3 Å². The molecule has 0 aliphatic carbocycles. The lowest BCUT2D eigenvalue weighted by atomic mass is 10.1. The molecule has 0 saturated heterocycles. The van der Waals surface area contributed by atoms with E-state index in [1.54, 1.807) is 12.1 Å². The number of hydrogen-bond donors (Lipinski definition) is 1. The van der Waals surface area contributed by atoms with E-state index in [-0.39, 0.29) is 0 Å². The van der Waals surface area contributed by atoms with Crippen LogP contribution in [0.4, 0.5) is 10.5 Å². The maximum atomic E-state index is 11.2. The molecule has 80 valence electrons. The largest absolute Gasteiger partial charge is 0.344 e. The van der Waals surface area contributed by atoms with Crippen LogP contribution < -0.4 is 5.32 Å². The van der Waals surface area contributed by atoms with E-state index >= 15 is 0 Å². The summed E-state index contributed by atoms with van der Waals surface area (Å²) in [5.74, 6) is 0. The number of carbonyl (C=O) groups is 1. The number of urea groups is 1. The minimum atomic E-state index is -0.547. The van der Waals surface area contributed by atoms with Crippen LogP contribution in [-0.4, -0.2) is 18.1 Å². The average molecular weight is 207 g/mol. The lowest BCUT2D eigenvalue weighted by molar-refractivity contribution is 0.224. The molecule has 15 heavy (non-hydrogen) atoms. The molecule has 1 aromatic carbocycles. The van der Waals surface area contributed by atoms with Crippen molar-refractivity contribution in [3.63, 3.8) is 0 Å². The Bertz CT molecular complexity index is 348. The van der Waals surface area contributed by atoms with E-state index in [1.807, 2.05) is 12.1 Å². The molecule has 0 bridgehead atoms.